The van der Waals surface area contributed by atoms with Gasteiger partial charge in [0, 0.05) is 10.1 Å². The van der Waals surface area contributed by atoms with Gasteiger partial charge < -0.3 is 10.4 Å². The van der Waals surface area contributed by atoms with Gasteiger partial charge in [0.25, 0.3) is 5.91 Å². The minimum atomic E-state index is -0.145. The van der Waals surface area contributed by atoms with Gasteiger partial charge >= 0.3 is 0 Å². The quantitative estimate of drug-likeness (QED) is 0.827. The zero-order chi connectivity index (χ0) is 10.8. The van der Waals surface area contributed by atoms with Gasteiger partial charge in [-0.05, 0) is 52.8 Å². The Hall–Kier alpha value is -0.140. The fraction of sp³-hybridized carbons (Fsp3) is 0.500. The van der Waals surface area contributed by atoms with Gasteiger partial charge in [-0.15, -0.1) is 11.3 Å². The van der Waals surface area contributed by atoms with Crippen molar-refractivity contribution in [1.82, 2.24) is 5.32 Å². The zero-order valence-corrected chi connectivity index (χ0v) is 11.0. The molecule has 1 aliphatic carbocycles. The molecule has 0 unspecified atom stereocenters. The molecule has 0 atom stereocenters. The highest BCUT2D eigenvalue weighted by atomic mass is 127. The summed E-state index contributed by atoms with van der Waals surface area (Å²) in [5, 5.41) is 13.9. The minimum Gasteiger partial charge on any atom is -0.393 e. The molecular formula is C10H12INO2S. The monoisotopic (exact) mass is 337 g/mol. The number of nitrogens with one attached hydrogen (secondary N) is 1. The van der Waals surface area contributed by atoms with Crippen molar-refractivity contribution in [1.29, 1.82) is 0 Å². The summed E-state index contributed by atoms with van der Waals surface area (Å²) in [6, 6.07) is 1.94. The first-order chi connectivity index (χ1) is 7.16. The van der Waals surface area contributed by atoms with Crippen molar-refractivity contribution in [2.45, 2.75) is 18.9 Å². The third-order valence-electron chi connectivity index (χ3n) is 2.59. The molecular weight excluding hydrogens is 325 g/mol. The van der Waals surface area contributed by atoms with Crippen LogP contribution in [0.3, 0.4) is 0 Å². The molecule has 82 valence electrons. The first kappa shape index (κ1) is 11.3. The number of aliphatic hydroxyl groups excluding tert-OH is 1. The smallest absolute Gasteiger partial charge is 0.262 e. The predicted octanol–water partition coefficient (Wildman–Crippen LogP) is 1.85. The minimum absolute atomic E-state index is 0.00999. The molecule has 1 amide bonds. The van der Waals surface area contributed by atoms with Crippen LogP contribution in [0, 0.1) is 9.49 Å². The van der Waals surface area contributed by atoms with Crippen LogP contribution in [0.2, 0.25) is 0 Å². The van der Waals surface area contributed by atoms with Gasteiger partial charge in [-0.1, -0.05) is 0 Å². The number of rotatable bonds is 3. The van der Waals surface area contributed by atoms with Crippen LogP contribution in [0.15, 0.2) is 11.4 Å². The average molecular weight is 337 g/mol. The van der Waals surface area contributed by atoms with E-state index in [1.54, 1.807) is 0 Å². The summed E-state index contributed by atoms with van der Waals surface area (Å²) in [5.41, 5.74) is 0. The normalized spacial score (nSPS) is 24.7. The standard InChI is InChI=1S/C10H12INO2S/c11-8-1-2-15-9(8)10(14)12-5-6-3-7(13)4-6/h1-2,6-7,13H,3-5H2,(H,12,14). The molecule has 3 nitrogen and oxygen atoms in total. The van der Waals surface area contributed by atoms with Crippen molar-refractivity contribution < 1.29 is 9.90 Å². The van der Waals surface area contributed by atoms with Crippen LogP contribution < -0.4 is 5.32 Å². The van der Waals surface area contributed by atoms with E-state index >= 15 is 0 Å². The molecule has 1 aromatic rings. The van der Waals surface area contributed by atoms with Crippen molar-refractivity contribution in [2.75, 3.05) is 6.54 Å². The van der Waals surface area contributed by atoms with E-state index in [1.165, 1.54) is 11.3 Å². The molecule has 1 fully saturated rings. The van der Waals surface area contributed by atoms with Crippen LogP contribution in [0.5, 0.6) is 0 Å². The number of carbonyl (C=O) groups excluding carboxylic acids is 1. The van der Waals surface area contributed by atoms with Gasteiger partial charge in [-0.2, -0.15) is 0 Å². The van der Waals surface area contributed by atoms with Crippen molar-refractivity contribution in [3.05, 3.63) is 19.9 Å². The number of hydrogen-bond acceptors (Lipinski definition) is 3. The Bertz CT molecular complexity index is 360. The Kier molecular flexibility index (Phi) is 3.63. The molecule has 0 radical (unpaired) electrons. The van der Waals surface area contributed by atoms with E-state index in [1.807, 2.05) is 11.4 Å². The Balaban J connectivity index is 1.80. The van der Waals surface area contributed by atoms with E-state index in [4.69, 9.17) is 5.11 Å². The molecule has 2 N–H and O–H groups in total. The molecule has 15 heavy (non-hydrogen) atoms. The molecule has 0 aromatic carbocycles. The van der Waals surface area contributed by atoms with Crippen LogP contribution in [0.25, 0.3) is 0 Å². The van der Waals surface area contributed by atoms with Crippen molar-refractivity contribution in [3.8, 4) is 0 Å². The molecule has 1 saturated carbocycles. The maximum absolute atomic E-state index is 11.7. The summed E-state index contributed by atoms with van der Waals surface area (Å²) in [5.74, 6) is 0.470. The first-order valence-corrected chi connectivity index (χ1v) is 6.82. The number of amides is 1. The lowest BCUT2D eigenvalue weighted by Gasteiger charge is -2.31. The van der Waals surface area contributed by atoms with E-state index in [0.717, 1.165) is 21.3 Å². The van der Waals surface area contributed by atoms with Gasteiger partial charge in [0.2, 0.25) is 0 Å². The molecule has 1 heterocycles. The second-order valence-corrected chi connectivity index (χ2v) is 5.88. The van der Waals surface area contributed by atoms with E-state index in [0.29, 0.717) is 12.5 Å². The van der Waals surface area contributed by atoms with Crippen LogP contribution in [-0.4, -0.2) is 23.7 Å². The SMILES string of the molecule is O=C(NCC1CC(O)C1)c1sccc1I. The Morgan fingerprint density at radius 3 is 2.93 bits per heavy atom. The lowest BCUT2D eigenvalue weighted by Crippen LogP contribution is -2.38. The third kappa shape index (κ3) is 2.70. The number of hydrogen-bond donors (Lipinski definition) is 2. The molecule has 2 rings (SSSR count). The molecule has 0 bridgehead atoms. The molecule has 1 aliphatic rings. The van der Waals surface area contributed by atoms with Gasteiger partial charge in [0.15, 0.2) is 0 Å². The fourth-order valence-corrected chi connectivity index (χ4v) is 3.39. The van der Waals surface area contributed by atoms with E-state index < -0.39 is 0 Å². The van der Waals surface area contributed by atoms with Crippen LogP contribution >= 0.6 is 33.9 Å². The topological polar surface area (TPSA) is 49.3 Å². The van der Waals surface area contributed by atoms with Crippen LogP contribution in [0.4, 0.5) is 0 Å². The zero-order valence-electron chi connectivity index (χ0n) is 8.07. The van der Waals surface area contributed by atoms with Gasteiger partial charge in [-0.25, -0.2) is 0 Å². The summed E-state index contributed by atoms with van der Waals surface area (Å²) in [4.78, 5) is 12.5. The fourth-order valence-electron chi connectivity index (χ4n) is 1.64. The maximum Gasteiger partial charge on any atom is 0.262 e. The third-order valence-corrected chi connectivity index (χ3v) is 4.76. The van der Waals surface area contributed by atoms with Crippen molar-refractivity contribution >= 4 is 39.8 Å². The highest BCUT2D eigenvalue weighted by Gasteiger charge is 2.27. The summed E-state index contributed by atoms with van der Waals surface area (Å²) in [7, 11) is 0. The molecule has 5 heteroatoms. The molecule has 0 saturated heterocycles. The predicted molar refractivity (Wildman–Crippen MR) is 68.1 cm³/mol. The summed E-state index contributed by atoms with van der Waals surface area (Å²) in [6.07, 6.45) is 1.50. The van der Waals surface area contributed by atoms with E-state index in [-0.39, 0.29) is 12.0 Å². The number of thiophene rings is 1. The summed E-state index contributed by atoms with van der Waals surface area (Å²) >= 11 is 3.63. The second kappa shape index (κ2) is 4.80. The number of aliphatic hydroxyl groups is 1. The van der Waals surface area contributed by atoms with Crippen LogP contribution in [0.1, 0.15) is 22.5 Å². The van der Waals surface area contributed by atoms with E-state index in [9.17, 15) is 4.79 Å². The molecule has 0 aliphatic heterocycles. The Morgan fingerprint density at radius 1 is 1.67 bits per heavy atom. The van der Waals surface area contributed by atoms with Gasteiger partial charge in [0.1, 0.15) is 4.88 Å². The highest BCUT2D eigenvalue weighted by Crippen LogP contribution is 2.26. The van der Waals surface area contributed by atoms with E-state index in [2.05, 4.69) is 27.9 Å². The number of halogens is 1. The summed E-state index contributed by atoms with van der Waals surface area (Å²) < 4.78 is 1.00. The Morgan fingerprint density at radius 2 is 2.40 bits per heavy atom. The molecule has 1 aromatic heterocycles. The van der Waals surface area contributed by atoms with Crippen molar-refractivity contribution in [2.24, 2.45) is 5.92 Å². The van der Waals surface area contributed by atoms with Gasteiger partial charge in [-0.3, -0.25) is 4.79 Å². The lowest BCUT2D eigenvalue weighted by molar-refractivity contribution is 0.0420. The highest BCUT2D eigenvalue weighted by molar-refractivity contribution is 14.1. The first-order valence-electron chi connectivity index (χ1n) is 4.86. The largest absolute Gasteiger partial charge is 0.393 e. The summed E-state index contributed by atoms with van der Waals surface area (Å²) in [6.45, 7) is 0.684. The number of carbonyl (C=O) groups is 1. The second-order valence-electron chi connectivity index (χ2n) is 3.80. The van der Waals surface area contributed by atoms with Crippen LogP contribution in [-0.2, 0) is 0 Å². The molecule has 0 spiro atoms. The van der Waals surface area contributed by atoms with Crippen molar-refractivity contribution in [3.63, 3.8) is 0 Å². The van der Waals surface area contributed by atoms with Gasteiger partial charge in [0.05, 0.1) is 6.10 Å². The lowest BCUT2D eigenvalue weighted by atomic mass is 9.82. The average Bonchev–Trinajstić information content (AvgIpc) is 2.57. The maximum atomic E-state index is 11.7. The Labute approximate surface area is 106 Å².